The van der Waals surface area contributed by atoms with Gasteiger partial charge in [-0.1, -0.05) is 20.3 Å². The molecule has 2 heterocycles. The molecule has 1 spiro atoms. The molecule has 1 aliphatic carbocycles. The molecule has 0 N–H and O–H groups in total. The Balaban J connectivity index is 1.89. The summed E-state index contributed by atoms with van der Waals surface area (Å²) in [6, 6.07) is 1.47. The molecule has 2 atom stereocenters. The summed E-state index contributed by atoms with van der Waals surface area (Å²) in [5.74, 6) is 0.903. The smallest absolute Gasteiger partial charge is 0.0683 e. The lowest BCUT2D eigenvalue weighted by atomic mass is 9.60. The van der Waals surface area contributed by atoms with Crippen LogP contribution in [-0.2, 0) is 4.74 Å². The first-order valence-electron chi connectivity index (χ1n) is 7.82. The van der Waals surface area contributed by atoms with Gasteiger partial charge in [-0.15, -0.1) is 0 Å². The van der Waals surface area contributed by atoms with E-state index in [2.05, 4.69) is 32.6 Å². The summed E-state index contributed by atoms with van der Waals surface area (Å²) in [5.41, 5.74) is 0.949. The van der Waals surface area contributed by atoms with Crippen LogP contribution in [0.3, 0.4) is 0 Å². The van der Waals surface area contributed by atoms with Crippen molar-refractivity contribution in [3.8, 4) is 0 Å². The molecule has 0 amide bonds. The first kappa shape index (κ1) is 12.9. The minimum atomic E-state index is 0.406. The highest BCUT2D eigenvalue weighted by Gasteiger charge is 2.55. The van der Waals surface area contributed by atoms with Crippen molar-refractivity contribution >= 4 is 0 Å². The Bertz CT molecular complexity index is 319. The van der Waals surface area contributed by atoms with Crippen molar-refractivity contribution in [2.24, 2.45) is 11.3 Å². The average molecular weight is 251 g/mol. The van der Waals surface area contributed by atoms with Crippen molar-refractivity contribution in [3.05, 3.63) is 0 Å². The molecule has 2 nitrogen and oxygen atoms in total. The molecule has 3 fully saturated rings. The van der Waals surface area contributed by atoms with Crippen LogP contribution in [0, 0.1) is 11.3 Å². The van der Waals surface area contributed by atoms with Crippen LogP contribution in [0.5, 0.6) is 0 Å². The minimum Gasteiger partial charge on any atom is -0.377 e. The number of nitrogens with zero attached hydrogens (tertiary/aromatic N) is 1. The summed E-state index contributed by atoms with van der Waals surface area (Å²) in [6.45, 7) is 11.7. The van der Waals surface area contributed by atoms with Crippen molar-refractivity contribution in [1.82, 2.24) is 4.90 Å². The topological polar surface area (TPSA) is 12.5 Å². The Hall–Kier alpha value is -0.0800. The maximum atomic E-state index is 5.59. The van der Waals surface area contributed by atoms with E-state index in [9.17, 15) is 0 Å². The second-order valence-electron chi connectivity index (χ2n) is 7.81. The third-order valence-electron chi connectivity index (χ3n) is 5.91. The molecule has 1 saturated carbocycles. The van der Waals surface area contributed by atoms with Gasteiger partial charge in [0.2, 0.25) is 0 Å². The SMILES string of the molecule is CC(C)N1C2CCCC(C)(C)C2CCC12COC2. The molecule has 18 heavy (non-hydrogen) atoms. The van der Waals surface area contributed by atoms with Gasteiger partial charge in [0.25, 0.3) is 0 Å². The quantitative estimate of drug-likeness (QED) is 0.707. The van der Waals surface area contributed by atoms with Crippen molar-refractivity contribution in [2.45, 2.75) is 77.4 Å². The summed E-state index contributed by atoms with van der Waals surface area (Å²) >= 11 is 0. The van der Waals surface area contributed by atoms with Gasteiger partial charge in [0, 0.05) is 12.1 Å². The van der Waals surface area contributed by atoms with E-state index in [-0.39, 0.29) is 0 Å². The van der Waals surface area contributed by atoms with Crippen molar-refractivity contribution in [2.75, 3.05) is 13.2 Å². The molecule has 0 aromatic carbocycles. The number of hydrogen-bond acceptors (Lipinski definition) is 2. The van der Waals surface area contributed by atoms with Crippen LogP contribution in [0.4, 0.5) is 0 Å². The zero-order valence-electron chi connectivity index (χ0n) is 12.5. The lowest BCUT2D eigenvalue weighted by Gasteiger charge is -2.63. The molecule has 104 valence electrons. The molecule has 2 saturated heterocycles. The van der Waals surface area contributed by atoms with Gasteiger partial charge in [0.1, 0.15) is 0 Å². The minimum absolute atomic E-state index is 0.406. The summed E-state index contributed by atoms with van der Waals surface area (Å²) in [6.07, 6.45) is 7.02. The Kier molecular flexibility index (Phi) is 3.02. The molecule has 0 radical (unpaired) electrons. The fraction of sp³-hybridized carbons (Fsp3) is 1.00. The number of likely N-dealkylation sites (tertiary alicyclic amines) is 1. The molecule has 2 aliphatic heterocycles. The molecule has 3 aliphatic rings. The maximum Gasteiger partial charge on any atom is 0.0683 e. The highest BCUT2D eigenvalue weighted by Crippen LogP contribution is 2.52. The zero-order valence-corrected chi connectivity index (χ0v) is 12.5. The van der Waals surface area contributed by atoms with E-state index in [0.29, 0.717) is 17.0 Å². The standard InChI is InChI=1S/C16H29NO/c1-12(2)17-14-6-5-8-15(3,4)13(14)7-9-16(17)10-18-11-16/h12-14H,5-11H2,1-4H3. The summed E-state index contributed by atoms with van der Waals surface area (Å²) in [7, 11) is 0. The molecule has 0 bridgehead atoms. The number of piperidine rings is 1. The fourth-order valence-corrected chi connectivity index (χ4v) is 5.06. The number of fused-ring (bicyclic) bond motifs is 1. The van der Waals surface area contributed by atoms with Gasteiger partial charge in [-0.3, -0.25) is 4.90 Å². The monoisotopic (exact) mass is 251 g/mol. The zero-order chi connectivity index (χ0) is 13.0. The summed E-state index contributed by atoms with van der Waals surface area (Å²) < 4.78 is 5.59. The molecular weight excluding hydrogens is 222 g/mol. The third-order valence-corrected chi connectivity index (χ3v) is 5.91. The molecule has 3 rings (SSSR count). The van der Waals surface area contributed by atoms with Gasteiger partial charge in [-0.2, -0.15) is 0 Å². The van der Waals surface area contributed by atoms with Gasteiger partial charge >= 0.3 is 0 Å². The number of rotatable bonds is 1. The van der Waals surface area contributed by atoms with Crippen LogP contribution >= 0.6 is 0 Å². The van der Waals surface area contributed by atoms with Crippen LogP contribution < -0.4 is 0 Å². The highest BCUT2D eigenvalue weighted by molar-refractivity contribution is 5.08. The van der Waals surface area contributed by atoms with E-state index < -0.39 is 0 Å². The maximum absolute atomic E-state index is 5.59. The second kappa shape index (κ2) is 4.21. The number of ether oxygens (including phenoxy) is 1. The van der Waals surface area contributed by atoms with Gasteiger partial charge in [-0.05, 0) is 50.9 Å². The molecule has 0 aromatic heterocycles. The Morgan fingerprint density at radius 1 is 1.11 bits per heavy atom. The van der Waals surface area contributed by atoms with E-state index in [0.717, 1.165) is 25.2 Å². The molecule has 2 unspecified atom stereocenters. The highest BCUT2D eigenvalue weighted by atomic mass is 16.5. The van der Waals surface area contributed by atoms with Gasteiger partial charge in [-0.25, -0.2) is 0 Å². The van der Waals surface area contributed by atoms with Crippen molar-refractivity contribution < 1.29 is 4.74 Å². The van der Waals surface area contributed by atoms with E-state index in [4.69, 9.17) is 4.74 Å². The molecular formula is C16H29NO. The van der Waals surface area contributed by atoms with Crippen LogP contribution in [0.15, 0.2) is 0 Å². The van der Waals surface area contributed by atoms with Crippen LogP contribution in [0.25, 0.3) is 0 Å². The van der Waals surface area contributed by atoms with Crippen LogP contribution in [0.1, 0.15) is 59.8 Å². The van der Waals surface area contributed by atoms with Crippen molar-refractivity contribution in [3.63, 3.8) is 0 Å². The van der Waals surface area contributed by atoms with E-state index in [1.165, 1.54) is 32.1 Å². The summed E-state index contributed by atoms with van der Waals surface area (Å²) in [5, 5.41) is 0. The third kappa shape index (κ3) is 1.76. The van der Waals surface area contributed by atoms with Crippen LogP contribution in [-0.4, -0.2) is 35.7 Å². The Morgan fingerprint density at radius 2 is 1.83 bits per heavy atom. The van der Waals surface area contributed by atoms with E-state index in [1.807, 2.05) is 0 Å². The van der Waals surface area contributed by atoms with Gasteiger partial charge in [0.15, 0.2) is 0 Å². The largest absolute Gasteiger partial charge is 0.377 e. The number of hydrogen-bond donors (Lipinski definition) is 0. The predicted octanol–water partition coefficient (Wildman–Crippen LogP) is 3.45. The van der Waals surface area contributed by atoms with Gasteiger partial charge in [0.05, 0.1) is 18.8 Å². The van der Waals surface area contributed by atoms with Crippen molar-refractivity contribution in [1.29, 1.82) is 0 Å². The predicted molar refractivity (Wildman–Crippen MR) is 74.7 cm³/mol. The van der Waals surface area contributed by atoms with E-state index in [1.54, 1.807) is 0 Å². The first-order valence-corrected chi connectivity index (χ1v) is 7.82. The van der Waals surface area contributed by atoms with Crippen LogP contribution in [0.2, 0.25) is 0 Å². The fourth-order valence-electron chi connectivity index (χ4n) is 5.06. The van der Waals surface area contributed by atoms with Gasteiger partial charge < -0.3 is 4.74 Å². The normalized spacial score (nSPS) is 38.5. The first-order chi connectivity index (χ1) is 8.46. The average Bonchev–Trinajstić information content (AvgIpc) is 2.24. The molecule has 2 heteroatoms. The molecule has 0 aromatic rings. The lowest BCUT2D eigenvalue weighted by Crippen LogP contribution is -2.71. The second-order valence-corrected chi connectivity index (χ2v) is 7.81. The summed E-state index contributed by atoms with van der Waals surface area (Å²) in [4.78, 5) is 2.85. The Labute approximate surface area is 112 Å². The Morgan fingerprint density at radius 3 is 2.39 bits per heavy atom. The lowest BCUT2D eigenvalue weighted by molar-refractivity contribution is -0.209. The van der Waals surface area contributed by atoms with E-state index >= 15 is 0 Å².